The maximum atomic E-state index is 4.20. The zero-order valence-electron chi connectivity index (χ0n) is 11.8. The topological polar surface area (TPSA) is 0 Å². The Morgan fingerprint density at radius 1 is 1.12 bits per heavy atom. The minimum absolute atomic E-state index is 0.767. The molecule has 0 saturated heterocycles. The smallest absolute Gasteiger partial charge is 0.0180 e. The molecule has 1 rings (SSSR count). The summed E-state index contributed by atoms with van der Waals surface area (Å²) < 4.78 is 0. The van der Waals surface area contributed by atoms with Crippen LogP contribution in [0.25, 0.3) is 0 Å². The molecule has 0 aromatic heterocycles. The van der Waals surface area contributed by atoms with Crippen LogP contribution in [-0.4, -0.2) is 0 Å². The highest BCUT2D eigenvalue weighted by molar-refractivity contribution is 5.00. The van der Waals surface area contributed by atoms with E-state index < -0.39 is 0 Å². The predicted molar refractivity (Wildman–Crippen MR) is 73.5 cm³/mol. The average molecular weight is 222 g/mol. The Kier molecular flexibility index (Phi) is 5.58. The van der Waals surface area contributed by atoms with Crippen LogP contribution in [0, 0.1) is 23.7 Å². The minimum atomic E-state index is 0.767. The molecule has 0 spiro atoms. The third kappa shape index (κ3) is 3.37. The second kappa shape index (κ2) is 6.47. The van der Waals surface area contributed by atoms with Crippen molar-refractivity contribution in [1.82, 2.24) is 0 Å². The molecule has 16 heavy (non-hydrogen) atoms. The Labute approximate surface area is 103 Å². The number of rotatable bonds is 5. The Balaban J connectivity index is 2.62. The summed E-state index contributed by atoms with van der Waals surface area (Å²) in [6.07, 6.45) is 8.44. The highest BCUT2D eigenvalue weighted by Gasteiger charge is 2.29. The molecule has 2 atom stereocenters. The third-order valence-electron chi connectivity index (χ3n) is 4.73. The van der Waals surface area contributed by atoms with Crippen LogP contribution in [0.4, 0.5) is 0 Å². The van der Waals surface area contributed by atoms with Crippen molar-refractivity contribution >= 4 is 0 Å². The van der Waals surface area contributed by atoms with E-state index in [2.05, 4.69) is 34.3 Å². The van der Waals surface area contributed by atoms with Gasteiger partial charge in [0.1, 0.15) is 0 Å². The molecule has 0 amide bonds. The van der Waals surface area contributed by atoms with Gasteiger partial charge in [0.15, 0.2) is 0 Å². The van der Waals surface area contributed by atoms with Gasteiger partial charge in [0.25, 0.3) is 0 Å². The van der Waals surface area contributed by atoms with Gasteiger partial charge in [0.05, 0.1) is 0 Å². The number of allylic oxidation sites excluding steroid dienone is 1. The van der Waals surface area contributed by atoms with E-state index >= 15 is 0 Å². The molecule has 0 heterocycles. The van der Waals surface area contributed by atoms with E-state index in [1.54, 1.807) is 0 Å². The van der Waals surface area contributed by atoms with Gasteiger partial charge < -0.3 is 0 Å². The van der Waals surface area contributed by atoms with Gasteiger partial charge in [-0.25, -0.2) is 0 Å². The molecule has 0 heteroatoms. The zero-order valence-corrected chi connectivity index (χ0v) is 11.8. The molecule has 0 aromatic rings. The monoisotopic (exact) mass is 222 g/mol. The Morgan fingerprint density at radius 2 is 1.69 bits per heavy atom. The van der Waals surface area contributed by atoms with Crippen molar-refractivity contribution in [3.05, 3.63) is 12.2 Å². The maximum absolute atomic E-state index is 4.20. The summed E-state index contributed by atoms with van der Waals surface area (Å²) in [6, 6.07) is 0. The van der Waals surface area contributed by atoms with Gasteiger partial charge >= 0.3 is 0 Å². The summed E-state index contributed by atoms with van der Waals surface area (Å²) in [5.74, 6) is 3.61. The van der Waals surface area contributed by atoms with Crippen molar-refractivity contribution in [1.29, 1.82) is 0 Å². The lowest BCUT2D eigenvalue weighted by Gasteiger charge is -2.37. The third-order valence-corrected chi connectivity index (χ3v) is 4.73. The molecule has 1 aliphatic rings. The minimum Gasteiger partial charge on any atom is -0.0999 e. The van der Waals surface area contributed by atoms with Crippen LogP contribution < -0.4 is 0 Å². The Bertz CT molecular complexity index is 208. The van der Waals surface area contributed by atoms with E-state index in [0.29, 0.717) is 0 Å². The molecule has 1 aliphatic carbocycles. The molecule has 0 nitrogen and oxygen atoms in total. The van der Waals surface area contributed by atoms with Gasteiger partial charge in [-0.3, -0.25) is 0 Å². The SMILES string of the molecule is C=C(C)C(CC)C(CC)C1CCC(C)CC1. The molecule has 0 aromatic carbocycles. The molecule has 0 aliphatic heterocycles. The van der Waals surface area contributed by atoms with Crippen molar-refractivity contribution in [2.75, 3.05) is 0 Å². The van der Waals surface area contributed by atoms with Gasteiger partial charge in [0, 0.05) is 0 Å². The van der Waals surface area contributed by atoms with Crippen LogP contribution in [0.15, 0.2) is 12.2 Å². The van der Waals surface area contributed by atoms with Crippen LogP contribution in [0.5, 0.6) is 0 Å². The summed E-state index contributed by atoms with van der Waals surface area (Å²) in [6.45, 7) is 13.5. The molecule has 94 valence electrons. The molecule has 0 radical (unpaired) electrons. The first-order chi connectivity index (χ1) is 7.60. The Morgan fingerprint density at radius 3 is 2.06 bits per heavy atom. The lowest BCUT2D eigenvalue weighted by Crippen LogP contribution is -2.27. The first-order valence-corrected chi connectivity index (χ1v) is 7.25. The normalized spacial score (nSPS) is 29.8. The highest BCUT2D eigenvalue weighted by Crippen LogP contribution is 2.40. The van der Waals surface area contributed by atoms with Crippen molar-refractivity contribution in [2.24, 2.45) is 23.7 Å². The molecular weight excluding hydrogens is 192 g/mol. The van der Waals surface area contributed by atoms with Gasteiger partial charge in [-0.1, -0.05) is 52.2 Å². The Hall–Kier alpha value is -0.260. The molecular formula is C16H30. The lowest BCUT2D eigenvalue weighted by molar-refractivity contribution is 0.164. The maximum Gasteiger partial charge on any atom is -0.0180 e. The van der Waals surface area contributed by atoms with E-state index in [9.17, 15) is 0 Å². The lowest BCUT2D eigenvalue weighted by atomic mass is 9.69. The zero-order chi connectivity index (χ0) is 12.1. The first-order valence-electron chi connectivity index (χ1n) is 7.25. The quantitative estimate of drug-likeness (QED) is 0.543. The summed E-state index contributed by atoms with van der Waals surface area (Å²) in [5.41, 5.74) is 1.41. The highest BCUT2D eigenvalue weighted by atomic mass is 14.3. The average Bonchev–Trinajstić information content (AvgIpc) is 2.26. The van der Waals surface area contributed by atoms with Crippen LogP contribution in [-0.2, 0) is 0 Å². The summed E-state index contributed by atoms with van der Waals surface area (Å²) in [5, 5.41) is 0. The van der Waals surface area contributed by atoms with E-state index in [1.807, 2.05) is 0 Å². The summed E-state index contributed by atoms with van der Waals surface area (Å²) in [4.78, 5) is 0. The number of hydrogen-bond acceptors (Lipinski definition) is 0. The van der Waals surface area contributed by atoms with E-state index in [0.717, 1.165) is 23.7 Å². The fourth-order valence-corrected chi connectivity index (χ4v) is 3.68. The largest absolute Gasteiger partial charge is 0.0999 e. The van der Waals surface area contributed by atoms with Crippen molar-refractivity contribution in [2.45, 2.75) is 66.2 Å². The van der Waals surface area contributed by atoms with Crippen molar-refractivity contribution < 1.29 is 0 Å². The van der Waals surface area contributed by atoms with E-state index in [-0.39, 0.29) is 0 Å². The first kappa shape index (κ1) is 13.8. The van der Waals surface area contributed by atoms with Crippen LogP contribution in [0.3, 0.4) is 0 Å². The van der Waals surface area contributed by atoms with E-state index in [1.165, 1.54) is 44.1 Å². The molecule has 0 bridgehead atoms. The van der Waals surface area contributed by atoms with Gasteiger partial charge in [-0.05, 0) is 49.9 Å². The fraction of sp³-hybridized carbons (Fsp3) is 0.875. The summed E-state index contributed by atoms with van der Waals surface area (Å²) in [7, 11) is 0. The standard InChI is InChI=1S/C16H30/c1-6-15(12(3)4)16(7-2)14-10-8-13(5)9-11-14/h13-16H,3,6-11H2,1-2,4-5H3. The summed E-state index contributed by atoms with van der Waals surface area (Å²) >= 11 is 0. The van der Waals surface area contributed by atoms with Crippen molar-refractivity contribution in [3.63, 3.8) is 0 Å². The second-order valence-corrected chi connectivity index (χ2v) is 5.95. The molecule has 2 unspecified atom stereocenters. The number of hydrogen-bond donors (Lipinski definition) is 0. The van der Waals surface area contributed by atoms with Gasteiger partial charge in [-0.15, -0.1) is 0 Å². The van der Waals surface area contributed by atoms with Crippen LogP contribution in [0.2, 0.25) is 0 Å². The van der Waals surface area contributed by atoms with E-state index in [4.69, 9.17) is 0 Å². The fourth-order valence-electron chi connectivity index (χ4n) is 3.68. The van der Waals surface area contributed by atoms with Crippen LogP contribution >= 0.6 is 0 Å². The van der Waals surface area contributed by atoms with Gasteiger partial charge in [0.2, 0.25) is 0 Å². The van der Waals surface area contributed by atoms with Crippen molar-refractivity contribution in [3.8, 4) is 0 Å². The van der Waals surface area contributed by atoms with Gasteiger partial charge in [-0.2, -0.15) is 0 Å². The predicted octanol–water partition coefficient (Wildman–Crippen LogP) is 5.44. The van der Waals surface area contributed by atoms with Crippen LogP contribution in [0.1, 0.15) is 66.2 Å². The second-order valence-electron chi connectivity index (χ2n) is 5.95. The molecule has 1 saturated carbocycles. The molecule has 1 fully saturated rings. The molecule has 0 N–H and O–H groups in total.